The van der Waals surface area contributed by atoms with Gasteiger partial charge in [-0.15, -0.1) is 24.0 Å². The molecule has 0 unspecified atom stereocenters. The van der Waals surface area contributed by atoms with Crippen molar-refractivity contribution in [3.63, 3.8) is 0 Å². The quantitative estimate of drug-likeness (QED) is 0.327. The van der Waals surface area contributed by atoms with Crippen molar-refractivity contribution < 1.29 is 5.11 Å². The summed E-state index contributed by atoms with van der Waals surface area (Å²) in [7, 11) is 0. The van der Waals surface area contributed by atoms with Crippen LogP contribution in [0.4, 0.5) is 0 Å². The van der Waals surface area contributed by atoms with E-state index in [2.05, 4.69) is 42.4 Å². The molecule has 3 N–H and O–H groups in total. The average Bonchev–Trinajstić information content (AvgIpc) is 2.67. The average molecular weight is 500 g/mol. The van der Waals surface area contributed by atoms with Gasteiger partial charge in [0.2, 0.25) is 0 Å². The van der Waals surface area contributed by atoms with Crippen LogP contribution in [0.1, 0.15) is 63.1 Å². The summed E-state index contributed by atoms with van der Waals surface area (Å²) in [5.74, 6) is 1.26. The Morgan fingerprint density at radius 2 is 1.93 bits per heavy atom. The maximum atomic E-state index is 10.4. The fraction of sp³-hybridized carbons (Fsp3) is 0.682. The molecular formula is C22H37IN4O. The molecule has 1 aromatic carbocycles. The molecule has 1 aromatic rings. The van der Waals surface area contributed by atoms with E-state index in [0.717, 1.165) is 56.8 Å². The first-order valence-electron chi connectivity index (χ1n) is 10.7. The number of halogens is 1. The van der Waals surface area contributed by atoms with Gasteiger partial charge in [0.15, 0.2) is 5.96 Å². The van der Waals surface area contributed by atoms with Crippen molar-refractivity contribution in [2.75, 3.05) is 19.6 Å². The number of guanidine groups is 1. The molecule has 28 heavy (non-hydrogen) atoms. The van der Waals surface area contributed by atoms with Gasteiger partial charge >= 0.3 is 0 Å². The van der Waals surface area contributed by atoms with Gasteiger partial charge in [-0.25, -0.2) is 4.99 Å². The third-order valence-corrected chi connectivity index (χ3v) is 5.97. The topological polar surface area (TPSA) is 59.9 Å². The predicted molar refractivity (Wildman–Crippen MR) is 128 cm³/mol. The van der Waals surface area contributed by atoms with E-state index < -0.39 is 0 Å². The Kier molecular flexibility index (Phi) is 9.34. The minimum absolute atomic E-state index is 0. The monoisotopic (exact) mass is 500 g/mol. The van der Waals surface area contributed by atoms with Crippen molar-refractivity contribution in [2.45, 2.75) is 77.9 Å². The Bertz CT molecular complexity index is 654. The van der Waals surface area contributed by atoms with Gasteiger partial charge in [-0.1, -0.05) is 6.07 Å². The molecule has 0 saturated carbocycles. The number of aryl methyl sites for hydroxylation is 1. The van der Waals surface area contributed by atoms with Crippen molar-refractivity contribution >= 4 is 29.9 Å². The molecule has 0 bridgehead atoms. The summed E-state index contributed by atoms with van der Waals surface area (Å²) in [6.45, 7) is 10.3. The molecule has 0 radical (unpaired) electrons. The van der Waals surface area contributed by atoms with Crippen molar-refractivity contribution in [1.29, 1.82) is 0 Å². The zero-order chi connectivity index (χ0) is 19.2. The minimum atomic E-state index is 0. The molecule has 1 saturated heterocycles. The molecule has 0 atom stereocenters. The summed E-state index contributed by atoms with van der Waals surface area (Å²) >= 11 is 0. The van der Waals surface area contributed by atoms with Crippen LogP contribution in [0, 0.1) is 0 Å². The maximum absolute atomic E-state index is 10.4. The number of likely N-dealkylation sites (tertiary alicyclic amines) is 1. The number of benzene rings is 1. The third-order valence-electron chi connectivity index (χ3n) is 5.97. The van der Waals surface area contributed by atoms with Gasteiger partial charge in [0.05, 0.1) is 6.54 Å². The van der Waals surface area contributed by atoms with Crippen molar-refractivity contribution in [3.05, 3.63) is 28.8 Å². The summed E-state index contributed by atoms with van der Waals surface area (Å²) in [4.78, 5) is 7.36. The van der Waals surface area contributed by atoms with E-state index in [-0.39, 0.29) is 24.0 Å². The molecule has 0 spiro atoms. The van der Waals surface area contributed by atoms with Gasteiger partial charge < -0.3 is 20.6 Å². The Hall–Kier alpha value is -1.02. The fourth-order valence-electron chi connectivity index (χ4n) is 4.30. The van der Waals surface area contributed by atoms with Gasteiger partial charge in [0.1, 0.15) is 5.75 Å². The molecule has 6 heteroatoms. The van der Waals surface area contributed by atoms with Gasteiger partial charge in [-0.2, -0.15) is 0 Å². The summed E-state index contributed by atoms with van der Waals surface area (Å²) < 4.78 is 0. The van der Waals surface area contributed by atoms with E-state index in [1.54, 1.807) is 0 Å². The second kappa shape index (κ2) is 11.2. The molecule has 158 valence electrons. The predicted octanol–water partition coefficient (Wildman–Crippen LogP) is 3.82. The number of phenolic OH excluding ortho intramolecular Hbond substituents is 1. The van der Waals surface area contributed by atoms with Crippen LogP contribution in [-0.2, 0) is 19.4 Å². The van der Waals surface area contributed by atoms with E-state index in [1.807, 2.05) is 6.07 Å². The Morgan fingerprint density at radius 1 is 1.21 bits per heavy atom. The Morgan fingerprint density at radius 3 is 2.61 bits per heavy atom. The first-order valence-corrected chi connectivity index (χ1v) is 10.7. The van der Waals surface area contributed by atoms with Gasteiger partial charge in [-0.05, 0) is 76.5 Å². The van der Waals surface area contributed by atoms with E-state index >= 15 is 0 Å². The summed E-state index contributed by atoms with van der Waals surface area (Å²) in [5.41, 5.74) is 3.73. The molecule has 1 aliphatic carbocycles. The highest BCUT2D eigenvalue weighted by Gasteiger charge is 2.22. The molecule has 3 rings (SSSR count). The zero-order valence-corrected chi connectivity index (χ0v) is 20.0. The maximum Gasteiger partial charge on any atom is 0.191 e. The number of hydrogen-bond acceptors (Lipinski definition) is 3. The molecule has 1 fully saturated rings. The number of rotatable bonds is 5. The highest BCUT2D eigenvalue weighted by Crippen LogP contribution is 2.31. The van der Waals surface area contributed by atoms with Crippen LogP contribution in [0.15, 0.2) is 17.1 Å². The van der Waals surface area contributed by atoms with Crippen LogP contribution in [-0.4, -0.2) is 47.7 Å². The van der Waals surface area contributed by atoms with Crippen LogP contribution < -0.4 is 10.6 Å². The fourth-order valence-corrected chi connectivity index (χ4v) is 4.30. The second-order valence-electron chi connectivity index (χ2n) is 8.15. The largest absolute Gasteiger partial charge is 0.508 e. The smallest absolute Gasteiger partial charge is 0.191 e. The van der Waals surface area contributed by atoms with Gasteiger partial charge in [-0.3, -0.25) is 0 Å². The van der Waals surface area contributed by atoms with Crippen LogP contribution in [0.25, 0.3) is 0 Å². The zero-order valence-electron chi connectivity index (χ0n) is 17.6. The minimum Gasteiger partial charge on any atom is -0.508 e. The lowest BCUT2D eigenvalue weighted by atomic mass is 9.88. The van der Waals surface area contributed by atoms with Crippen molar-refractivity contribution in [1.82, 2.24) is 15.5 Å². The number of aromatic hydroxyl groups is 1. The van der Waals surface area contributed by atoms with Crippen LogP contribution >= 0.6 is 24.0 Å². The van der Waals surface area contributed by atoms with Gasteiger partial charge in [0.25, 0.3) is 0 Å². The highest BCUT2D eigenvalue weighted by molar-refractivity contribution is 14.0. The van der Waals surface area contributed by atoms with E-state index in [9.17, 15) is 5.11 Å². The first-order chi connectivity index (χ1) is 13.1. The normalized spacial score (nSPS) is 18.5. The molecule has 1 heterocycles. The lowest BCUT2D eigenvalue weighted by molar-refractivity contribution is 0.167. The Labute approximate surface area is 187 Å². The van der Waals surface area contributed by atoms with Crippen LogP contribution in [0.5, 0.6) is 5.75 Å². The molecule has 0 amide bonds. The SMILES string of the molecule is CCNC(=NCc1c(O)ccc2c1CCCC2)NC1CCN(C(C)C)CC1.I. The lowest BCUT2D eigenvalue weighted by Crippen LogP contribution is -2.49. The van der Waals surface area contributed by atoms with Crippen molar-refractivity contribution in [3.8, 4) is 5.75 Å². The number of fused-ring (bicyclic) bond motifs is 1. The first kappa shape index (κ1) is 23.3. The summed E-state index contributed by atoms with van der Waals surface area (Å²) in [6.07, 6.45) is 6.94. The standard InChI is InChI=1S/C22H36N4O.HI/c1-4-23-22(25-18-11-13-26(14-12-18)16(2)3)24-15-20-19-8-6-5-7-17(19)9-10-21(20)27;/h9-10,16,18,27H,4-8,11-15H2,1-3H3,(H2,23,24,25);1H. The molecule has 5 nitrogen and oxygen atoms in total. The number of phenols is 1. The second-order valence-corrected chi connectivity index (χ2v) is 8.15. The van der Waals surface area contributed by atoms with Crippen LogP contribution in [0.2, 0.25) is 0 Å². The van der Waals surface area contributed by atoms with E-state index in [1.165, 1.54) is 24.0 Å². The Balaban J connectivity index is 0.00000280. The lowest BCUT2D eigenvalue weighted by Gasteiger charge is -2.35. The summed E-state index contributed by atoms with van der Waals surface area (Å²) in [5, 5.41) is 17.4. The number of piperidine rings is 1. The molecular weight excluding hydrogens is 463 g/mol. The number of nitrogens with zero attached hydrogens (tertiary/aromatic N) is 2. The molecule has 2 aliphatic rings. The highest BCUT2D eigenvalue weighted by atomic mass is 127. The summed E-state index contributed by atoms with van der Waals surface area (Å²) in [6, 6.07) is 5.02. The van der Waals surface area contributed by atoms with Crippen LogP contribution in [0.3, 0.4) is 0 Å². The number of hydrogen-bond donors (Lipinski definition) is 3. The van der Waals surface area contributed by atoms with E-state index in [0.29, 0.717) is 24.4 Å². The number of nitrogens with one attached hydrogen (secondary N) is 2. The third kappa shape index (κ3) is 5.99. The van der Waals surface area contributed by atoms with Gasteiger partial charge in [0, 0.05) is 37.3 Å². The molecule has 0 aromatic heterocycles. The number of aliphatic imine (C=N–C) groups is 1. The molecule has 1 aliphatic heterocycles. The van der Waals surface area contributed by atoms with Crippen molar-refractivity contribution in [2.24, 2.45) is 4.99 Å². The van der Waals surface area contributed by atoms with E-state index in [4.69, 9.17) is 4.99 Å².